The number of amides is 1. The third-order valence-electron chi connectivity index (χ3n) is 8.12. The smallest absolute Gasteiger partial charge is 0.237 e. The van der Waals surface area contributed by atoms with Crippen LogP contribution in [0.4, 0.5) is 0 Å². The first kappa shape index (κ1) is 27.7. The predicted octanol–water partition coefficient (Wildman–Crippen LogP) is 4.44. The van der Waals surface area contributed by atoms with Crippen LogP contribution in [0.1, 0.15) is 87.6 Å². The second-order valence-corrected chi connectivity index (χ2v) is 11.9. The van der Waals surface area contributed by atoms with E-state index < -0.39 is 0 Å². The monoisotopic (exact) mass is 505 g/mol. The van der Waals surface area contributed by atoms with Crippen molar-refractivity contribution >= 4 is 5.91 Å². The van der Waals surface area contributed by atoms with Crippen molar-refractivity contribution in [2.45, 2.75) is 96.8 Å². The number of hydrogen-bond donors (Lipinski definition) is 4. The Balaban J connectivity index is 1.21. The van der Waals surface area contributed by atoms with Gasteiger partial charge in [0.2, 0.25) is 5.91 Å². The highest BCUT2D eigenvalue weighted by molar-refractivity contribution is 5.81. The van der Waals surface area contributed by atoms with Crippen molar-refractivity contribution in [1.29, 1.82) is 0 Å². The van der Waals surface area contributed by atoms with Gasteiger partial charge in [-0.3, -0.25) is 9.78 Å². The highest BCUT2D eigenvalue weighted by Crippen LogP contribution is 2.35. The SMILES string of the molecule is C[C@H](NCc1ccccn1)C(=O)NCc1cccc2c1CCC2CNCC(C)(C)CNC1CCCCC1. The van der Waals surface area contributed by atoms with Crippen LogP contribution in [0.15, 0.2) is 42.6 Å². The van der Waals surface area contributed by atoms with Gasteiger partial charge >= 0.3 is 0 Å². The molecule has 2 aliphatic carbocycles. The Morgan fingerprint density at radius 1 is 1.03 bits per heavy atom. The predicted molar refractivity (Wildman–Crippen MR) is 151 cm³/mol. The molecule has 1 saturated carbocycles. The van der Waals surface area contributed by atoms with E-state index in [4.69, 9.17) is 0 Å². The molecule has 1 aromatic carbocycles. The lowest BCUT2D eigenvalue weighted by Crippen LogP contribution is -2.43. The maximum absolute atomic E-state index is 12.7. The molecule has 2 atom stereocenters. The molecule has 1 amide bonds. The molecule has 0 bridgehead atoms. The molecule has 202 valence electrons. The van der Waals surface area contributed by atoms with Crippen LogP contribution < -0.4 is 21.3 Å². The molecule has 0 radical (unpaired) electrons. The second-order valence-electron chi connectivity index (χ2n) is 11.9. The summed E-state index contributed by atoms with van der Waals surface area (Å²) in [4.78, 5) is 17.0. The van der Waals surface area contributed by atoms with E-state index in [0.717, 1.165) is 31.7 Å². The molecular formula is C31H47N5O. The summed E-state index contributed by atoms with van der Waals surface area (Å²) in [5.41, 5.74) is 5.32. The summed E-state index contributed by atoms with van der Waals surface area (Å²) >= 11 is 0. The lowest BCUT2D eigenvalue weighted by atomic mass is 9.90. The molecule has 4 rings (SSSR count). The quantitative estimate of drug-likeness (QED) is 0.324. The maximum atomic E-state index is 12.7. The highest BCUT2D eigenvalue weighted by Gasteiger charge is 2.26. The number of rotatable bonds is 13. The number of nitrogens with one attached hydrogen (secondary N) is 4. The fourth-order valence-electron chi connectivity index (χ4n) is 5.76. The zero-order valence-corrected chi connectivity index (χ0v) is 23.1. The van der Waals surface area contributed by atoms with Gasteiger partial charge in [0, 0.05) is 45.0 Å². The zero-order chi connectivity index (χ0) is 26.1. The van der Waals surface area contributed by atoms with Gasteiger partial charge in [-0.25, -0.2) is 0 Å². The van der Waals surface area contributed by atoms with Crippen LogP contribution in [0.25, 0.3) is 0 Å². The van der Waals surface area contributed by atoms with Crippen molar-refractivity contribution in [2.75, 3.05) is 19.6 Å². The first-order valence-electron chi connectivity index (χ1n) is 14.4. The molecule has 6 nitrogen and oxygen atoms in total. The Morgan fingerprint density at radius 3 is 2.65 bits per heavy atom. The van der Waals surface area contributed by atoms with Crippen LogP contribution in [-0.4, -0.2) is 42.6 Å². The third-order valence-corrected chi connectivity index (χ3v) is 8.12. The van der Waals surface area contributed by atoms with E-state index in [2.05, 4.69) is 58.3 Å². The number of fused-ring (bicyclic) bond motifs is 1. The minimum Gasteiger partial charge on any atom is -0.351 e. The Morgan fingerprint density at radius 2 is 1.86 bits per heavy atom. The van der Waals surface area contributed by atoms with Gasteiger partial charge in [-0.1, -0.05) is 57.4 Å². The van der Waals surface area contributed by atoms with Crippen molar-refractivity contribution in [3.63, 3.8) is 0 Å². The number of carbonyl (C=O) groups excluding carboxylic acids is 1. The molecule has 2 aliphatic rings. The molecular weight excluding hydrogens is 458 g/mol. The van der Waals surface area contributed by atoms with Crippen LogP contribution in [0.2, 0.25) is 0 Å². The average Bonchev–Trinajstić information content (AvgIpc) is 3.34. The molecule has 1 unspecified atom stereocenters. The van der Waals surface area contributed by atoms with E-state index in [-0.39, 0.29) is 17.4 Å². The van der Waals surface area contributed by atoms with Crippen molar-refractivity contribution in [3.8, 4) is 0 Å². The Bertz CT molecular complexity index is 986. The van der Waals surface area contributed by atoms with E-state index in [1.807, 2.05) is 25.1 Å². The minimum absolute atomic E-state index is 0.0221. The molecule has 0 aliphatic heterocycles. The van der Waals surface area contributed by atoms with Crippen molar-refractivity contribution in [1.82, 2.24) is 26.3 Å². The molecule has 4 N–H and O–H groups in total. The van der Waals surface area contributed by atoms with E-state index in [1.54, 1.807) is 6.20 Å². The van der Waals surface area contributed by atoms with Gasteiger partial charge in [-0.2, -0.15) is 0 Å². The van der Waals surface area contributed by atoms with E-state index in [9.17, 15) is 4.79 Å². The summed E-state index contributed by atoms with van der Waals surface area (Å²) in [6.45, 7) is 10.9. The van der Waals surface area contributed by atoms with Crippen LogP contribution in [-0.2, 0) is 24.3 Å². The first-order valence-corrected chi connectivity index (χ1v) is 14.4. The van der Waals surface area contributed by atoms with E-state index in [1.165, 1.54) is 55.2 Å². The number of pyridine rings is 1. The first-order chi connectivity index (χ1) is 17.9. The largest absolute Gasteiger partial charge is 0.351 e. The van der Waals surface area contributed by atoms with Crippen LogP contribution in [0.3, 0.4) is 0 Å². The van der Waals surface area contributed by atoms with Crippen LogP contribution >= 0.6 is 0 Å². The Kier molecular flexibility index (Phi) is 10.1. The van der Waals surface area contributed by atoms with Crippen LogP contribution in [0.5, 0.6) is 0 Å². The average molecular weight is 506 g/mol. The number of nitrogens with zero attached hydrogens (tertiary/aromatic N) is 1. The summed E-state index contributed by atoms with van der Waals surface area (Å²) in [5.74, 6) is 0.570. The van der Waals surface area contributed by atoms with Gasteiger partial charge in [0.05, 0.1) is 11.7 Å². The standard InChI is InChI=1S/C31H47N5O/c1-23(34-20-27-13-7-8-17-33-27)30(37)35-19-24-10-9-14-28-25(15-16-29(24)28)18-32-21-31(2,3)22-36-26-11-5-4-6-12-26/h7-10,13-14,17,23,25-26,32,34,36H,4-6,11-12,15-16,18-22H2,1-3H3,(H,35,37)/t23-,25?/m0/s1. The molecule has 0 spiro atoms. The summed E-state index contributed by atoms with van der Waals surface area (Å²) in [6.07, 6.45) is 10.9. The molecule has 2 aromatic rings. The van der Waals surface area contributed by atoms with E-state index >= 15 is 0 Å². The molecule has 0 saturated heterocycles. The summed E-state index contributed by atoms with van der Waals surface area (Å²) in [7, 11) is 0. The number of hydrogen-bond acceptors (Lipinski definition) is 5. The Hall–Kier alpha value is -2.28. The lowest BCUT2D eigenvalue weighted by Gasteiger charge is -2.31. The summed E-state index contributed by atoms with van der Waals surface area (Å²) in [5, 5.41) is 14.0. The summed E-state index contributed by atoms with van der Waals surface area (Å²) in [6, 6.07) is 12.9. The van der Waals surface area contributed by atoms with Crippen molar-refractivity contribution in [3.05, 3.63) is 65.0 Å². The molecule has 37 heavy (non-hydrogen) atoms. The van der Waals surface area contributed by atoms with E-state index in [0.29, 0.717) is 25.0 Å². The molecule has 1 fully saturated rings. The third kappa shape index (κ3) is 8.36. The van der Waals surface area contributed by atoms with Gasteiger partial charge in [-0.15, -0.1) is 0 Å². The minimum atomic E-state index is -0.272. The summed E-state index contributed by atoms with van der Waals surface area (Å²) < 4.78 is 0. The molecule has 1 aromatic heterocycles. The van der Waals surface area contributed by atoms with Gasteiger partial charge in [0.15, 0.2) is 0 Å². The maximum Gasteiger partial charge on any atom is 0.237 e. The van der Waals surface area contributed by atoms with Gasteiger partial charge in [0.25, 0.3) is 0 Å². The fourth-order valence-corrected chi connectivity index (χ4v) is 5.76. The van der Waals surface area contributed by atoms with Crippen molar-refractivity contribution < 1.29 is 4.79 Å². The fraction of sp³-hybridized carbons (Fsp3) is 0.613. The van der Waals surface area contributed by atoms with Crippen molar-refractivity contribution in [2.24, 2.45) is 5.41 Å². The zero-order valence-electron chi connectivity index (χ0n) is 23.1. The van der Waals surface area contributed by atoms with Gasteiger partial charge in [0.1, 0.15) is 0 Å². The molecule has 1 heterocycles. The highest BCUT2D eigenvalue weighted by atomic mass is 16.2. The van der Waals surface area contributed by atoms with Gasteiger partial charge in [-0.05, 0) is 72.8 Å². The number of aromatic nitrogens is 1. The normalized spacial score (nSPS) is 18.9. The number of benzene rings is 1. The van der Waals surface area contributed by atoms with Crippen LogP contribution in [0, 0.1) is 5.41 Å². The molecule has 6 heteroatoms. The van der Waals surface area contributed by atoms with Gasteiger partial charge < -0.3 is 21.3 Å². The second kappa shape index (κ2) is 13.5. The number of carbonyl (C=O) groups is 1. The topological polar surface area (TPSA) is 78.1 Å². The lowest BCUT2D eigenvalue weighted by molar-refractivity contribution is -0.122. The Labute approximate surface area is 223 Å².